The molecule has 0 aliphatic carbocycles. The monoisotopic (exact) mass is 402 g/mol. The van der Waals surface area contributed by atoms with Crippen molar-refractivity contribution in [3.8, 4) is 17.5 Å². The summed E-state index contributed by atoms with van der Waals surface area (Å²) in [4.78, 5) is 12.3. The number of hydrogen-bond acceptors (Lipinski definition) is 6. The van der Waals surface area contributed by atoms with E-state index in [1.165, 1.54) is 24.3 Å². The van der Waals surface area contributed by atoms with Gasteiger partial charge in [0.2, 0.25) is 5.91 Å². The molecule has 9 heteroatoms. The maximum absolute atomic E-state index is 13.8. The average molecular weight is 403 g/mol. The van der Waals surface area contributed by atoms with Crippen molar-refractivity contribution in [3.05, 3.63) is 58.9 Å². The summed E-state index contributed by atoms with van der Waals surface area (Å²) >= 11 is 7.00. The van der Waals surface area contributed by atoms with E-state index in [1.807, 2.05) is 6.07 Å². The van der Waals surface area contributed by atoms with Crippen LogP contribution in [0.25, 0.3) is 11.5 Å². The molecule has 3 rings (SSSR count). The Bertz CT molecular complexity index is 1030. The summed E-state index contributed by atoms with van der Waals surface area (Å²) in [7, 11) is 0. The van der Waals surface area contributed by atoms with Crippen molar-refractivity contribution in [2.75, 3.05) is 5.32 Å². The van der Waals surface area contributed by atoms with Gasteiger partial charge in [0.1, 0.15) is 11.9 Å². The van der Waals surface area contributed by atoms with Crippen LogP contribution in [0.1, 0.15) is 12.5 Å². The fourth-order valence-corrected chi connectivity index (χ4v) is 3.04. The van der Waals surface area contributed by atoms with Gasteiger partial charge in [0.25, 0.3) is 11.1 Å². The Balaban J connectivity index is 1.66. The Kier molecular flexibility index (Phi) is 5.74. The van der Waals surface area contributed by atoms with E-state index in [2.05, 4.69) is 15.5 Å². The molecule has 0 aliphatic rings. The number of benzene rings is 2. The first-order chi connectivity index (χ1) is 13.0. The van der Waals surface area contributed by atoms with Crippen LogP contribution in [-0.2, 0) is 4.79 Å². The van der Waals surface area contributed by atoms with Crippen LogP contribution in [0, 0.1) is 17.1 Å². The summed E-state index contributed by atoms with van der Waals surface area (Å²) in [5.41, 5.74) is 0.985. The number of halogens is 2. The molecule has 1 N–H and O–H groups in total. The molecular weight excluding hydrogens is 391 g/mol. The quantitative estimate of drug-likeness (QED) is 0.631. The van der Waals surface area contributed by atoms with Crippen molar-refractivity contribution in [3.63, 3.8) is 0 Å². The number of carbonyl (C=O) groups excluding carboxylic acids is 1. The highest BCUT2D eigenvalue weighted by atomic mass is 35.5. The number of nitrogens with zero attached hydrogens (tertiary/aromatic N) is 3. The SMILES string of the molecule is C[C@@H](Sc1nnc(-c2ccccc2F)o1)C(=O)Nc1ccc(C#N)c(Cl)c1. The minimum Gasteiger partial charge on any atom is -0.411 e. The molecule has 0 fully saturated rings. The highest BCUT2D eigenvalue weighted by molar-refractivity contribution is 8.00. The number of thioether (sulfide) groups is 1. The van der Waals surface area contributed by atoms with Gasteiger partial charge in [-0.15, -0.1) is 10.2 Å². The molecule has 1 amide bonds. The number of nitriles is 1. The molecule has 2 aromatic carbocycles. The molecule has 0 aliphatic heterocycles. The molecule has 1 atom stereocenters. The first-order valence-electron chi connectivity index (χ1n) is 7.73. The van der Waals surface area contributed by atoms with Crippen molar-refractivity contribution < 1.29 is 13.6 Å². The van der Waals surface area contributed by atoms with E-state index in [1.54, 1.807) is 25.1 Å². The Morgan fingerprint density at radius 1 is 1.33 bits per heavy atom. The second-order valence-corrected chi connectivity index (χ2v) is 7.11. The van der Waals surface area contributed by atoms with Gasteiger partial charge in [-0.3, -0.25) is 4.79 Å². The third-order valence-electron chi connectivity index (χ3n) is 3.51. The fourth-order valence-electron chi connectivity index (χ4n) is 2.13. The van der Waals surface area contributed by atoms with Crippen LogP contribution in [0.5, 0.6) is 0 Å². The standard InChI is InChI=1S/C18H12ClFN4O2S/c1-10(16(25)22-12-7-6-11(9-21)14(19)8-12)27-18-24-23-17(26-18)13-4-2-3-5-15(13)20/h2-8,10H,1H3,(H,22,25)/t10-/m1/s1. The summed E-state index contributed by atoms with van der Waals surface area (Å²) in [5.74, 6) is -0.741. The van der Waals surface area contributed by atoms with E-state index in [9.17, 15) is 9.18 Å². The molecule has 0 saturated heterocycles. The number of aromatic nitrogens is 2. The van der Waals surface area contributed by atoms with Gasteiger partial charge in [-0.1, -0.05) is 35.5 Å². The van der Waals surface area contributed by atoms with E-state index in [0.717, 1.165) is 11.8 Å². The minimum absolute atomic E-state index is 0.0436. The lowest BCUT2D eigenvalue weighted by Crippen LogP contribution is -2.22. The zero-order chi connectivity index (χ0) is 19.4. The summed E-state index contributed by atoms with van der Waals surface area (Å²) in [6.45, 7) is 1.66. The van der Waals surface area contributed by atoms with Gasteiger partial charge in [-0.05, 0) is 37.3 Å². The van der Waals surface area contributed by atoms with Crippen LogP contribution in [-0.4, -0.2) is 21.4 Å². The normalized spacial score (nSPS) is 11.6. The lowest BCUT2D eigenvalue weighted by Gasteiger charge is -2.10. The molecule has 0 saturated carbocycles. The number of rotatable bonds is 5. The van der Waals surface area contributed by atoms with E-state index in [4.69, 9.17) is 21.3 Å². The Hall–Kier alpha value is -2.89. The number of nitrogens with one attached hydrogen (secondary N) is 1. The Labute approximate surface area is 163 Å². The molecule has 3 aromatic rings. The summed E-state index contributed by atoms with van der Waals surface area (Å²) in [6, 6.07) is 12.6. The fraction of sp³-hybridized carbons (Fsp3) is 0.111. The zero-order valence-electron chi connectivity index (χ0n) is 13.9. The van der Waals surface area contributed by atoms with Crippen LogP contribution < -0.4 is 5.32 Å². The Morgan fingerprint density at radius 2 is 2.11 bits per heavy atom. The molecule has 0 unspecified atom stereocenters. The van der Waals surface area contributed by atoms with Crippen LogP contribution in [0.15, 0.2) is 52.1 Å². The zero-order valence-corrected chi connectivity index (χ0v) is 15.5. The van der Waals surface area contributed by atoms with Gasteiger partial charge in [0.15, 0.2) is 0 Å². The minimum atomic E-state index is -0.562. The van der Waals surface area contributed by atoms with Crippen molar-refractivity contribution >= 4 is 35.0 Å². The molecule has 1 heterocycles. The van der Waals surface area contributed by atoms with Crippen LogP contribution in [0.3, 0.4) is 0 Å². The van der Waals surface area contributed by atoms with Crippen LogP contribution in [0.2, 0.25) is 5.02 Å². The van der Waals surface area contributed by atoms with Gasteiger partial charge in [0, 0.05) is 5.69 Å². The van der Waals surface area contributed by atoms with Crippen molar-refractivity contribution in [1.29, 1.82) is 5.26 Å². The van der Waals surface area contributed by atoms with Gasteiger partial charge >= 0.3 is 0 Å². The molecule has 0 bridgehead atoms. The maximum Gasteiger partial charge on any atom is 0.277 e. The maximum atomic E-state index is 13.8. The average Bonchev–Trinajstić information content (AvgIpc) is 3.10. The number of carbonyl (C=O) groups is 1. The number of amides is 1. The van der Waals surface area contributed by atoms with E-state index in [-0.39, 0.29) is 27.6 Å². The smallest absolute Gasteiger partial charge is 0.277 e. The third-order valence-corrected chi connectivity index (χ3v) is 4.76. The molecule has 1 aromatic heterocycles. The molecular formula is C18H12ClFN4O2S. The molecule has 6 nitrogen and oxygen atoms in total. The second-order valence-electron chi connectivity index (χ2n) is 5.41. The van der Waals surface area contributed by atoms with Gasteiger partial charge in [-0.25, -0.2) is 4.39 Å². The molecule has 0 spiro atoms. The number of hydrogen-bond donors (Lipinski definition) is 1. The van der Waals surface area contributed by atoms with E-state index in [0.29, 0.717) is 11.3 Å². The van der Waals surface area contributed by atoms with Crippen molar-refractivity contribution in [2.45, 2.75) is 17.4 Å². The molecule has 27 heavy (non-hydrogen) atoms. The predicted octanol–water partition coefficient (Wildman–Crippen LogP) is 4.52. The first-order valence-corrected chi connectivity index (χ1v) is 8.99. The Morgan fingerprint density at radius 3 is 2.81 bits per heavy atom. The second kappa shape index (κ2) is 8.20. The molecule has 0 radical (unpaired) electrons. The van der Waals surface area contributed by atoms with Crippen LogP contribution in [0.4, 0.5) is 10.1 Å². The lowest BCUT2D eigenvalue weighted by molar-refractivity contribution is -0.115. The summed E-state index contributed by atoms with van der Waals surface area (Å²) in [6.07, 6.45) is 0. The molecule has 136 valence electrons. The van der Waals surface area contributed by atoms with Crippen molar-refractivity contribution in [2.24, 2.45) is 0 Å². The van der Waals surface area contributed by atoms with Gasteiger partial charge < -0.3 is 9.73 Å². The van der Waals surface area contributed by atoms with Crippen molar-refractivity contribution in [1.82, 2.24) is 10.2 Å². The predicted molar refractivity (Wildman–Crippen MR) is 99.8 cm³/mol. The van der Waals surface area contributed by atoms with Gasteiger partial charge in [-0.2, -0.15) is 5.26 Å². The largest absolute Gasteiger partial charge is 0.411 e. The van der Waals surface area contributed by atoms with Crippen LogP contribution >= 0.6 is 23.4 Å². The topological polar surface area (TPSA) is 91.8 Å². The van der Waals surface area contributed by atoms with E-state index >= 15 is 0 Å². The van der Waals surface area contributed by atoms with E-state index < -0.39 is 11.1 Å². The third kappa shape index (κ3) is 4.45. The van der Waals surface area contributed by atoms with Gasteiger partial charge in [0.05, 0.1) is 21.4 Å². The number of anilines is 1. The lowest BCUT2D eigenvalue weighted by atomic mass is 10.2. The highest BCUT2D eigenvalue weighted by Crippen LogP contribution is 2.28. The summed E-state index contributed by atoms with van der Waals surface area (Å²) < 4.78 is 19.2. The summed E-state index contributed by atoms with van der Waals surface area (Å²) in [5, 5.41) is 19.1. The first kappa shape index (κ1) is 18.9. The highest BCUT2D eigenvalue weighted by Gasteiger charge is 2.20.